The average Bonchev–Trinajstić information content (AvgIpc) is 2.94. The van der Waals surface area contributed by atoms with Gasteiger partial charge in [-0.1, -0.05) is 31.0 Å². The van der Waals surface area contributed by atoms with Crippen LogP contribution in [0.4, 0.5) is 5.69 Å². The van der Waals surface area contributed by atoms with Crippen molar-refractivity contribution in [2.45, 2.75) is 63.6 Å². The fourth-order valence-electron chi connectivity index (χ4n) is 3.63. The number of para-hydroxylation sites is 1. The van der Waals surface area contributed by atoms with E-state index in [0.29, 0.717) is 6.04 Å². The summed E-state index contributed by atoms with van der Waals surface area (Å²) < 4.78 is 0. The normalized spacial score (nSPS) is 24.6. The average molecular weight is 245 g/mol. The number of hydrogen-bond acceptors (Lipinski definition) is 2. The molecule has 2 nitrogen and oxygen atoms in total. The van der Waals surface area contributed by atoms with E-state index >= 15 is 0 Å². The first-order valence-electron chi connectivity index (χ1n) is 7.16. The summed E-state index contributed by atoms with van der Waals surface area (Å²) in [7, 11) is 0. The first kappa shape index (κ1) is 12.0. The Morgan fingerprint density at radius 2 is 1.83 bits per heavy atom. The Kier molecular flexibility index (Phi) is 2.86. The third-order valence-electron chi connectivity index (χ3n) is 4.55. The molecule has 98 valence electrons. The second kappa shape index (κ2) is 4.27. The highest BCUT2D eigenvalue weighted by molar-refractivity contribution is 5.61. The first-order valence-corrected chi connectivity index (χ1v) is 7.16. The molecule has 0 spiro atoms. The van der Waals surface area contributed by atoms with Crippen LogP contribution in [-0.4, -0.2) is 22.8 Å². The third-order valence-corrected chi connectivity index (χ3v) is 4.55. The zero-order valence-electron chi connectivity index (χ0n) is 11.4. The molecule has 0 bridgehead atoms. The molecule has 18 heavy (non-hydrogen) atoms. The summed E-state index contributed by atoms with van der Waals surface area (Å²) in [6, 6.07) is 9.53. The monoisotopic (exact) mass is 245 g/mol. The molecule has 0 saturated heterocycles. The second-order valence-electron chi connectivity index (χ2n) is 6.35. The van der Waals surface area contributed by atoms with Gasteiger partial charge in [0.1, 0.15) is 0 Å². The molecular weight excluding hydrogens is 222 g/mol. The van der Waals surface area contributed by atoms with Crippen LogP contribution in [-0.2, 0) is 6.42 Å². The summed E-state index contributed by atoms with van der Waals surface area (Å²) >= 11 is 0. The fourth-order valence-corrected chi connectivity index (χ4v) is 3.63. The van der Waals surface area contributed by atoms with Crippen molar-refractivity contribution in [1.82, 2.24) is 0 Å². The Morgan fingerprint density at radius 1 is 1.17 bits per heavy atom. The van der Waals surface area contributed by atoms with Crippen molar-refractivity contribution in [3.63, 3.8) is 0 Å². The van der Waals surface area contributed by atoms with Crippen LogP contribution in [0.1, 0.15) is 45.1 Å². The lowest BCUT2D eigenvalue weighted by molar-refractivity contribution is 0.0490. The van der Waals surface area contributed by atoms with E-state index in [0.717, 1.165) is 6.42 Å². The van der Waals surface area contributed by atoms with Gasteiger partial charge in [0.15, 0.2) is 0 Å². The number of aliphatic hydroxyl groups is 1. The molecule has 1 aromatic carbocycles. The van der Waals surface area contributed by atoms with Gasteiger partial charge in [-0.2, -0.15) is 0 Å². The molecule has 0 aromatic heterocycles. The molecule has 1 N–H and O–H groups in total. The predicted octanol–water partition coefficient (Wildman–Crippen LogP) is 3.13. The van der Waals surface area contributed by atoms with Crippen molar-refractivity contribution in [1.29, 1.82) is 0 Å². The maximum absolute atomic E-state index is 10.5. The molecule has 2 aliphatic rings. The van der Waals surface area contributed by atoms with E-state index in [9.17, 15) is 5.11 Å². The Balaban J connectivity index is 1.98. The summed E-state index contributed by atoms with van der Waals surface area (Å²) in [6.07, 6.45) is 6.21. The van der Waals surface area contributed by atoms with Crippen molar-refractivity contribution in [2.75, 3.05) is 4.90 Å². The van der Waals surface area contributed by atoms with Crippen LogP contribution >= 0.6 is 0 Å². The predicted molar refractivity (Wildman–Crippen MR) is 75.0 cm³/mol. The van der Waals surface area contributed by atoms with Crippen LogP contribution in [0.3, 0.4) is 0 Å². The molecular formula is C16H23NO. The first-order chi connectivity index (χ1) is 8.57. The van der Waals surface area contributed by atoms with Crippen molar-refractivity contribution in [3.8, 4) is 0 Å². The summed E-state index contributed by atoms with van der Waals surface area (Å²) in [5.74, 6) is 0. The van der Waals surface area contributed by atoms with Crippen LogP contribution in [0.5, 0.6) is 0 Å². The van der Waals surface area contributed by atoms with Gasteiger partial charge in [0.25, 0.3) is 0 Å². The van der Waals surface area contributed by atoms with Gasteiger partial charge in [0.2, 0.25) is 0 Å². The fraction of sp³-hybridized carbons (Fsp3) is 0.625. The van der Waals surface area contributed by atoms with Crippen LogP contribution in [0, 0.1) is 0 Å². The lowest BCUT2D eigenvalue weighted by Gasteiger charge is -2.39. The maximum Gasteiger partial charge on any atom is 0.0797 e. The third kappa shape index (κ3) is 1.93. The van der Waals surface area contributed by atoms with Gasteiger partial charge in [-0.3, -0.25) is 0 Å². The Bertz CT molecular complexity index is 429. The van der Waals surface area contributed by atoms with E-state index in [1.807, 2.05) is 13.8 Å². The van der Waals surface area contributed by atoms with Crippen molar-refractivity contribution in [2.24, 2.45) is 0 Å². The number of nitrogens with zero attached hydrogens (tertiary/aromatic N) is 1. The molecule has 1 heterocycles. The molecule has 0 amide bonds. The molecule has 1 unspecified atom stereocenters. The summed E-state index contributed by atoms with van der Waals surface area (Å²) in [4.78, 5) is 2.52. The molecule has 1 aliphatic carbocycles. The van der Waals surface area contributed by atoms with E-state index in [1.54, 1.807) is 0 Å². The van der Waals surface area contributed by atoms with Crippen molar-refractivity contribution in [3.05, 3.63) is 29.8 Å². The number of fused-ring (bicyclic) bond motifs is 1. The molecule has 1 atom stereocenters. The topological polar surface area (TPSA) is 23.5 Å². The van der Waals surface area contributed by atoms with Crippen LogP contribution in [0.25, 0.3) is 0 Å². The Labute approximate surface area is 110 Å². The Hall–Kier alpha value is -1.02. The lowest BCUT2D eigenvalue weighted by atomic mass is 9.94. The minimum absolute atomic E-state index is 0.234. The van der Waals surface area contributed by atoms with Crippen molar-refractivity contribution >= 4 is 5.69 Å². The standard InChI is InChI=1S/C16H23NO/c1-16(2,18)15-11-12-7-3-6-10-14(12)17(15)13-8-4-5-9-13/h3,6-7,10,13,15,18H,4-5,8-9,11H2,1-2H3. The van der Waals surface area contributed by atoms with Crippen LogP contribution < -0.4 is 4.90 Å². The molecule has 1 fully saturated rings. The summed E-state index contributed by atoms with van der Waals surface area (Å²) in [6.45, 7) is 3.90. The number of rotatable bonds is 2. The zero-order chi connectivity index (χ0) is 12.8. The van der Waals surface area contributed by atoms with Crippen LogP contribution in [0.2, 0.25) is 0 Å². The molecule has 1 saturated carbocycles. The minimum Gasteiger partial charge on any atom is -0.388 e. The largest absolute Gasteiger partial charge is 0.388 e. The zero-order valence-corrected chi connectivity index (χ0v) is 11.4. The van der Waals surface area contributed by atoms with Gasteiger partial charge >= 0.3 is 0 Å². The molecule has 1 aliphatic heterocycles. The van der Waals surface area contributed by atoms with E-state index in [4.69, 9.17) is 0 Å². The molecule has 2 heteroatoms. The smallest absolute Gasteiger partial charge is 0.0797 e. The highest BCUT2D eigenvalue weighted by atomic mass is 16.3. The number of hydrogen-bond donors (Lipinski definition) is 1. The van der Waals surface area contributed by atoms with Gasteiger partial charge < -0.3 is 10.0 Å². The van der Waals surface area contributed by atoms with Gasteiger partial charge in [0, 0.05) is 11.7 Å². The lowest BCUT2D eigenvalue weighted by Crippen LogP contribution is -2.51. The number of anilines is 1. The van der Waals surface area contributed by atoms with Gasteiger partial charge in [-0.15, -0.1) is 0 Å². The summed E-state index contributed by atoms with van der Waals surface area (Å²) in [5.41, 5.74) is 2.12. The molecule has 1 aromatic rings. The second-order valence-corrected chi connectivity index (χ2v) is 6.35. The highest BCUT2D eigenvalue weighted by Gasteiger charge is 2.42. The summed E-state index contributed by atoms with van der Waals surface area (Å²) in [5, 5.41) is 10.5. The van der Waals surface area contributed by atoms with E-state index in [-0.39, 0.29) is 6.04 Å². The van der Waals surface area contributed by atoms with Crippen molar-refractivity contribution < 1.29 is 5.11 Å². The highest BCUT2D eigenvalue weighted by Crippen LogP contribution is 2.41. The SMILES string of the molecule is CC(C)(O)C1Cc2ccccc2N1C1CCCC1. The van der Waals surface area contributed by atoms with Gasteiger partial charge in [0.05, 0.1) is 11.6 Å². The quantitative estimate of drug-likeness (QED) is 0.865. The molecule has 0 radical (unpaired) electrons. The van der Waals surface area contributed by atoms with Gasteiger partial charge in [-0.25, -0.2) is 0 Å². The van der Waals surface area contributed by atoms with E-state index < -0.39 is 5.60 Å². The van der Waals surface area contributed by atoms with E-state index in [2.05, 4.69) is 29.2 Å². The molecule has 3 rings (SSSR count). The minimum atomic E-state index is -0.637. The van der Waals surface area contributed by atoms with Crippen LogP contribution in [0.15, 0.2) is 24.3 Å². The Morgan fingerprint density at radius 3 is 2.50 bits per heavy atom. The van der Waals surface area contributed by atoms with Gasteiger partial charge in [-0.05, 0) is 44.7 Å². The maximum atomic E-state index is 10.5. The number of benzene rings is 1. The van der Waals surface area contributed by atoms with E-state index in [1.165, 1.54) is 36.9 Å².